The van der Waals surface area contributed by atoms with Crippen molar-refractivity contribution in [3.05, 3.63) is 18.3 Å². The Balaban J connectivity index is 2.43. The van der Waals surface area contributed by atoms with E-state index in [9.17, 15) is 0 Å². The summed E-state index contributed by atoms with van der Waals surface area (Å²) in [6, 6.07) is 3.80. The van der Waals surface area contributed by atoms with Crippen LogP contribution in [0.3, 0.4) is 0 Å². The lowest BCUT2D eigenvalue weighted by Crippen LogP contribution is -2.08. The number of hydrogen-bond acceptors (Lipinski definition) is 3. The topological polar surface area (TPSA) is 34.1 Å². The Morgan fingerprint density at radius 3 is 3.00 bits per heavy atom. The van der Waals surface area contributed by atoms with Crippen LogP contribution < -0.4 is 10.1 Å². The van der Waals surface area contributed by atoms with Gasteiger partial charge in [-0.15, -0.1) is 0 Å². The Kier molecular flexibility index (Phi) is 4.95. The van der Waals surface area contributed by atoms with E-state index in [2.05, 4.69) is 24.1 Å². The smallest absolute Gasteiger partial charge is 0.129 e. The van der Waals surface area contributed by atoms with E-state index in [1.165, 1.54) is 12.8 Å². The maximum absolute atomic E-state index is 5.68. The fourth-order valence-corrected chi connectivity index (χ4v) is 1.45. The van der Waals surface area contributed by atoms with Gasteiger partial charge in [-0.05, 0) is 18.4 Å². The summed E-state index contributed by atoms with van der Waals surface area (Å²) < 4.78 is 5.68. The molecule has 1 heterocycles. The summed E-state index contributed by atoms with van der Waals surface area (Å²) in [7, 11) is 1.85. The first-order valence-electron chi connectivity index (χ1n) is 5.52. The molecule has 3 nitrogen and oxygen atoms in total. The van der Waals surface area contributed by atoms with Gasteiger partial charge in [0.1, 0.15) is 11.6 Å². The van der Waals surface area contributed by atoms with Crippen molar-refractivity contribution >= 4 is 5.82 Å². The van der Waals surface area contributed by atoms with Gasteiger partial charge in [0.25, 0.3) is 0 Å². The van der Waals surface area contributed by atoms with Crippen LogP contribution in [0.2, 0.25) is 0 Å². The van der Waals surface area contributed by atoms with Gasteiger partial charge in [0.05, 0.1) is 6.61 Å². The zero-order valence-electron chi connectivity index (χ0n) is 9.79. The summed E-state index contributed by atoms with van der Waals surface area (Å²) in [6.45, 7) is 5.19. The van der Waals surface area contributed by atoms with Crippen molar-refractivity contribution in [2.45, 2.75) is 26.7 Å². The minimum Gasteiger partial charge on any atom is -0.493 e. The van der Waals surface area contributed by atoms with E-state index >= 15 is 0 Å². The molecule has 0 aliphatic rings. The molecule has 0 fully saturated rings. The number of nitrogens with zero attached hydrogens (tertiary/aromatic N) is 1. The first-order valence-corrected chi connectivity index (χ1v) is 5.52. The van der Waals surface area contributed by atoms with E-state index in [1.807, 2.05) is 19.2 Å². The van der Waals surface area contributed by atoms with E-state index in [0.29, 0.717) is 5.92 Å². The maximum atomic E-state index is 5.68. The molecule has 1 atom stereocenters. The van der Waals surface area contributed by atoms with Crippen LogP contribution in [0.15, 0.2) is 18.3 Å². The molecular weight excluding hydrogens is 188 g/mol. The van der Waals surface area contributed by atoms with Crippen LogP contribution in [0.4, 0.5) is 5.82 Å². The van der Waals surface area contributed by atoms with Crippen LogP contribution in [-0.4, -0.2) is 18.6 Å². The maximum Gasteiger partial charge on any atom is 0.129 e. The molecule has 1 unspecified atom stereocenters. The normalized spacial score (nSPS) is 12.2. The second kappa shape index (κ2) is 6.27. The van der Waals surface area contributed by atoms with Crippen LogP contribution in [-0.2, 0) is 0 Å². The van der Waals surface area contributed by atoms with Gasteiger partial charge in [0, 0.05) is 19.3 Å². The standard InChI is InChI=1S/C12H20N2O/c1-4-5-10(2)9-15-11-6-7-14-12(8-11)13-3/h6-8,10H,4-5,9H2,1-3H3,(H,13,14). The zero-order chi connectivity index (χ0) is 11.1. The van der Waals surface area contributed by atoms with E-state index in [0.717, 1.165) is 18.2 Å². The van der Waals surface area contributed by atoms with Gasteiger partial charge < -0.3 is 10.1 Å². The van der Waals surface area contributed by atoms with E-state index in [-0.39, 0.29) is 0 Å². The molecule has 0 aliphatic carbocycles. The lowest BCUT2D eigenvalue weighted by molar-refractivity contribution is 0.251. The number of rotatable bonds is 6. The molecule has 15 heavy (non-hydrogen) atoms. The molecule has 0 radical (unpaired) electrons. The van der Waals surface area contributed by atoms with Gasteiger partial charge in [-0.2, -0.15) is 0 Å². The largest absolute Gasteiger partial charge is 0.493 e. The predicted octanol–water partition coefficient (Wildman–Crippen LogP) is 2.94. The Morgan fingerprint density at radius 2 is 2.33 bits per heavy atom. The second-order valence-corrected chi connectivity index (χ2v) is 3.83. The molecular formula is C12H20N2O. The third-order valence-corrected chi connectivity index (χ3v) is 2.30. The number of hydrogen-bond donors (Lipinski definition) is 1. The van der Waals surface area contributed by atoms with Crippen molar-refractivity contribution < 1.29 is 4.74 Å². The zero-order valence-corrected chi connectivity index (χ0v) is 9.79. The van der Waals surface area contributed by atoms with Gasteiger partial charge in [0.15, 0.2) is 0 Å². The highest BCUT2D eigenvalue weighted by molar-refractivity contribution is 5.39. The summed E-state index contributed by atoms with van der Waals surface area (Å²) in [5.74, 6) is 2.34. The Hall–Kier alpha value is -1.25. The van der Waals surface area contributed by atoms with Gasteiger partial charge in [-0.1, -0.05) is 20.3 Å². The summed E-state index contributed by atoms with van der Waals surface area (Å²) in [5, 5.41) is 2.99. The summed E-state index contributed by atoms with van der Waals surface area (Å²) >= 11 is 0. The predicted molar refractivity (Wildman–Crippen MR) is 63.4 cm³/mol. The average molecular weight is 208 g/mol. The van der Waals surface area contributed by atoms with E-state index in [4.69, 9.17) is 4.74 Å². The van der Waals surface area contributed by atoms with Gasteiger partial charge in [-0.25, -0.2) is 4.98 Å². The fourth-order valence-electron chi connectivity index (χ4n) is 1.45. The van der Waals surface area contributed by atoms with Crippen molar-refractivity contribution in [3.63, 3.8) is 0 Å². The SMILES string of the molecule is CCCC(C)COc1ccnc(NC)c1. The average Bonchev–Trinajstić information content (AvgIpc) is 2.27. The van der Waals surface area contributed by atoms with Crippen molar-refractivity contribution in [3.8, 4) is 5.75 Å². The van der Waals surface area contributed by atoms with Gasteiger partial charge in [-0.3, -0.25) is 0 Å². The second-order valence-electron chi connectivity index (χ2n) is 3.83. The molecule has 0 amide bonds. The van der Waals surface area contributed by atoms with Gasteiger partial charge >= 0.3 is 0 Å². The molecule has 0 aliphatic heterocycles. The number of ether oxygens (including phenoxy) is 1. The third-order valence-electron chi connectivity index (χ3n) is 2.30. The highest BCUT2D eigenvalue weighted by Gasteiger charge is 2.02. The monoisotopic (exact) mass is 208 g/mol. The highest BCUT2D eigenvalue weighted by atomic mass is 16.5. The first-order chi connectivity index (χ1) is 7.26. The third kappa shape index (κ3) is 4.19. The van der Waals surface area contributed by atoms with Crippen molar-refractivity contribution in [1.29, 1.82) is 0 Å². The molecule has 84 valence electrons. The first kappa shape index (κ1) is 11.8. The minimum atomic E-state index is 0.612. The Bertz CT molecular complexity index is 289. The molecule has 1 aromatic rings. The summed E-state index contributed by atoms with van der Waals surface area (Å²) in [6.07, 6.45) is 4.18. The number of anilines is 1. The molecule has 0 spiro atoms. The van der Waals surface area contributed by atoms with Crippen LogP contribution >= 0.6 is 0 Å². The minimum absolute atomic E-state index is 0.612. The Morgan fingerprint density at radius 1 is 1.53 bits per heavy atom. The van der Waals surface area contributed by atoms with Crippen molar-refractivity contribution in [2.24, 2.45) is 5.92 Å². The van der Waals surface area contributed by atoms with Crippen LogP contribution in [0, 0.1) is 5.92 Å². The van der Waals surface area contributed by atoms with Crippen LogP contribution in [0.5, 0.6) is 5.75 Å². The van der Waals surface area contributed by atoms with Crippen molar-refractivity contribution in [2.75, 3.05) is 19.0 Å². The van der Waals surface area contributed by atoms with Crippen LogP contribution in [0.25, 0.3) is 0 Å². The fraction of sp³-hybridized carbons (Fsp3) is 0.583. The quantitative estimate of drug-likeness (QED) is 0.780. The molecule has 0 bridgehead atoms. The molecule has 3 heteroatoms. The lowest BCUT2D eigenvalue weighted by atomic mass is 10.1. The lowest BCUT2D eigenvalue weighted by Gasteiger charge is -2.12. The van der Waals surface area contributed by atoms with Crippen molar-refractivity contribution in [1.82, 2.24) is 4.98 Å². The van der Waals surface area contributed by atoms with E-state index < -0.39 is 0 Å². The molecule has 0 saturated heterocycles. The van der Waals surface area contributed by atoms with Crippen LogP contribution in [0.1, 0.15) is 26.7 Å². The molecule has 0 aromatic carbocycles. The summed E-state index contributed by atoms with van der Waals surface area (Å²) in [5.41, 5.74) is 0. The number of aromatic nitrogens is 1. The molecule has 0 saturated carbocycles. The van der Waals surface area contributed by atoms with E-state index in [1.54, 1.807) is 6.20 Å². The Labute approximate surface area is 91.9 Å². The molecule has 1 aromatic heterocycles. The highest BCUT2D eigenvalue weighted by Crippen LogP contribution is 2.15. The van der Waals surface area contributed by atoms with Gasteiger partial charge in [0.2, 0.25) is 0 Å². The molecule has 1 N–H and O–H groups in total. The number of nitrogens with one attached hydrogen (secondary N) is 1. The molecule has 1 rings (SSSR count). The number of pyridine rings is 1. The summed E-state index contributed by atoms with van der Waals surface area (Å²) in [4.78, 5) is 4.13.